The van der Waals surface area contributed by atoms with Crippen molar-refractivity contribution in [1.82, 2.24) is 15.5 Å². The number of likely N-dealkylation sites (N-methyl/N-ethyl adjacent to an activating group) is 1. The Balaban J connectivity index is 1.96. The molecule has 6 nitrogen and oxygen atoms in total. The number of hydrogen-bond acceptors (Lipinski definition) is 4. The number of hydrogen-bond donors (Lipinski definition) is 2. The molecule has 0 spiro atoms. The van der Waals surface area contributed by atoms with Crippen molar-refractivity contribution in [3.63, 3.8) is 0 Å². The van der Waals surface area contributed by atoms with Crippen molar-refractivity contribution in [3.05, 3.63) is 0 Å². The second-order valence-electron chi connectivity index (χ2n) is 4.42. The van der Waals surface area contributed by atoms with Crippen molar-refractivity contribution in [2.45, 2.75) is 13.0 Å². The van der Waals surface area contributed by atoms with Crippen molar-refractivity contribution in [1.29, 1.82) is 0 Å². The molecule has 2 saturated heterocycles. The lowest BCUT2D eigenvalue weighted by Crippen LogP contribution is -2.54. The number of nitrogens with one attached hydrogen (secondary N) is 2. The van der Waals surface area contributed by atoms with Gasteiger partial charge in [0.15, 0.2) is 0 Å². The highest BCUT2D eigenvalue weighted by Gasteiger charge is 2.37. The zero-order valence-electron chi connectivity index (χ0n) is 10.1. The second-order valence-corrected chi connectivity index (χ2v) is 4.42. The lowest BCUT2D eigenvalue weighted by atomic mass is 10.0. The Morgan fingerprint density at radius 1 is 1.59 bits per heavy atom. The number of carbonyl (C=O) groups is 2. The maximum Gasteiger partial charge on any atom is 0.239 e. The van der Waals surface area contributed by atoms with Gasteiger partial charge in [-0.05, 0) is 6.54 Å². The summed E-state index contributed by atoms with van der Waals surface area (Å²) in [5, 5.41) is 5.97. The van der Waals surface area contributed by atoms with Crippen LogP contribution in [0.4, 0.5) is 0 Å². The molecule has 0 aliphatic carbocycles. The molecule has 0 aromatic rings. The second kappa shape index (κ2) is 5.46. The number of ether oxygens (including phenoxy) is 1. The van der Waals surface area contributed by atoms with Crippen LogP contribution in [0.2, 0.25) is 0 Å². The first-order chi connectivity index (χ1) is 8.22. The lowest BCUT2D eigenvalue weighted by molar-refractivity contribution is -0.141. The molecule has 2 aliphatic rings. The van der Waals surface area contributed by atoms with E-state index in [-0.39, 0.29) is 30.3 Å². The monoisotopic (exact) mass is 241 g/mol. The van der Waals surface area contributed by atoms with Crippen LogP contribution in [0.15, 0.2) is 0 Å². The molecule has 0 bridgehead atoms. The van der Waals surface area contributed by atoms with Crippen molar-refractivity contribution in [2.75, 3.05) is 39.4 Å². The fourth-order valence-corrected chi connectivity index (χ4v) is 2.32. The maximum absolute atomic E-state index is 12.3. The van der Waals surface area contributed by atoms with Crippen LogP contribution < -0.4 is 10.6 Å². The van der Waals surface area contributed by atoms with Gasteiger partial charge in [-0.1, -0.05) is 6.92 Å². The third kappa shape index (κ3) is 2.76. The molecule has 2 amide bonds. The van der Waals surface area contributed by atoms with E-state index in [1.165, 1.54) is 0 Å². The predicted molar refractivity (Wildman–Crippen MR) is 61.4 cm³/mol. The summed E-state index contributed by atoms with van der Waals surface area (Å²) in [7, 11) is 0. The van der Waals surface area contributed by atoms with Crippen molar-refractivity contribution < 1.29 is 14.3 Å². The molecule has 2 atom stereocenters. The Morgan fingerprint density at radius 3 is 3.12 bits per heavy atom. The van der Waals surface area contributed by atoms with Gasteiger partial charge in [-0.2, -0.15) is 0 Å². The van der Waals surface area contributed by atoms with E-state index >= 15 is 0 Å². The summed E-state index contributed by atoms with van der Waals surface area (Å²) in [6.07, 6.45) is 0. The number of piperazine rings is 1. The topological polar surface area (TPSA) is 70.7 Å². The summed E-state index contributed by atoms with van der Waals surface area (Å²) in [6.45, 7) is 5.17. The van der Waals surface area contributed by atoms with Gasteiger partial charge in [0.25, 0.3) is 0 Å². The smallest absolute Gasteiger partial charge is 0.239 e. The van der Waals surface area contributed by atoms with Crippen LogP contribution in [-0.4, -0.2) is 62.1 Å². The Labute approximate surface area is 101 Å². The van der Waals surface area contributed by atoms with Crippen molar-refractivity contribution >= 4 is 11.8 Å². The minimum atomic E-state index is -0.152. The average Bonchev–Trinajstić information content (AvgIpc) is 2.77. The Hall–Kier alpha value is -1.14. The first-order valence-electron chi connectivity index (χ1n) is 6.09. The molecule has 2 unspecified atom stereocenters. The van der Waals surface area contributed by atoms with Gasteiger partial charge in [-0.3, -0.25) is 9.59 Å². The summed E-state index contributed by atoms with van der Waals surface area (Å²) in [4.78, 5) is 25.1. The van der Waals surface area contributed by atoms with E-state index < -0.39 is 0 Å². The van der Waals surface area contributed by atoms with Crippen LogP contribution in [0.25, 0.3) is 0 Å². The Kier molecular flexibility index (Phi) is 3.96. The molecule has 2 N–H and O–H groups in total. The van der Waals surface area contributed by atoms with Crippen LogP contribution in [0.3, 0.4) is 0 Å². The van der Waals surface area contributed by atoms with Gasteiger partial charge in [-0.25, -0.2) is 0 Å². The zero-order chi connectivity index (χ0) is 12.3. The number of carbonyl (C=O) groups excluding carboxylic acids is 2. The summed E-state index contributed by atoms with van der Waals surface area (Å²) in [6, 6.07) is 0.0810. The van der Waals surface area contributed by atoms with Gasteiger partial charge in [0.05, 0.1) is 25.7 Å². The maximum atomic E-state index is 12.3. The van der Waals surface area contributed by atoms with E-state index in [0.717, 1.165) is 6.54 Å². The normalized spacial score (nSPS) is 29.2. The third-order valence-electron chi connectivity index (χ3n) is 3.21. The lowest BCUT2D eigenvalue weighted by Gasteiger charge is -2.30. The van der Waals surface area contributed by atoms with E-state index in [1.807, 2.05) is 6.92 Å². The van der Waals surface area contributed by atoms with E-state index in [4.69, 9.17) is 4.74 Å². The predicted octanol–water partition coefficient (Wildman–Crippen LogP) is -1.43. The molecule has 2 rings (SSSR count). The van der Waals surface area contributed by atoms with Crippen LogP contribution >= 0.6 is 0 Å². The van der Waals surface area contributed by atoms with Gasteiger partial charge in [0, 0.05) is 19.1 Å². The molecule has 2 heterocycles. The summed E-state index contributed by atoms with van der Waals surface area (Å²) >= 11 is 0. The molecule has 96 valence electrons. The molecule has 2 fully saturated rings. The van der Waals surface area contributed by atoms with E-state index in [0.29, 0.717) is 26.3 Å². The highest BCUT2D eigenvalue weighted by Crippen LogP contribution is 2.17. The third-order valence-corrected chi connectivity index (χ3v) is 3.21. The van der Waals surface area contributed by atoms with E-state index in [1.54, 1.807) is 4.90 Å². The highest BCUT2D eigenvalue weighted by atomic mass is 16.5. The first kappa shape index (κ1) is 12.3. The highest BCUT2D eigenvalue weighted by molar-refractivity contribution is 5.87. The summed E-state index contributed by atoms with van der Waals surface area (Å²) in [5.74, 6) is -0.201. The molecule has 0 aromatic heterocycles. The molecule has 0 aromatic carbocycles. The van der Waals surface area contributed by atoms with E-state index in [2.05, 4.69) is 10.6 Å². The molecule has 0 saturated carbocycles. The average molecular weight is 241 g/mol. The van der Waals surface area contributed by atoms with Crippen molar-refractivity contribution in [2.24, 2.45) is 5.92 Å². The standard InChI is InChI=1S/C11H19N3O3/c1-2-12-9-7-17-6-8(9)11(16)14-4-3-13-10(15)5-14/h8-9,12H,2-7H2,1H3,(H,13,15). The molecular formula is C11H19N3O3. The fraction of sp³-hybridized carbons (Fsp3) is 0.818. The Bertz CT molecular complexity index is 308. The largest absolute Gasteiger partial charge is 0.379 e. The first-order valence-corrected chi connectivity index (χ1v) is 6.09. The number of nitrogens with zero attached hydrogens (tertiary/aromatic N) is 1. The van der Waals surface area contributed by atoms with Crippen LogP contribution in [0.5, 0.6) is 0 Å². The minimum Gasteiger partial charge on any atom is -0.379 e. The quantitative estimate of drug-likeness (QED) is 0.635. The molecule has 17 heavy (non-hydrogen) atoms. The molecule has 0 radical (unpaired) electrons. The van der Waals surface area contributed by atoms with Crippen LogP contribution in [-0.2, 0) is 14.3 Å². The van der Waals surface area contributed by atoms with Gasteiger partial charge in [0.2, 0.25) is 11.8 Å². The summed E-state index contributed by atoms with van der Waals surface area (Å²) < 4.78 is 5.35. The van der Waals surface area contributed by atoms with Gasteiger partial charge in [-0.15, -0.1) is 0 Å². The number of amides is 2. The van der Waals surface area contributed by atoms with Crippen LogP contribution in [0, 0.1) is 5.92 Å². The number of rotatable bonds is 3. The Morgan fingerprint density at radius 2 is 2.41 bits per heavy atom. The van der Waals surface area contributed by atoms with Gasteiger partial charge in [0.1, 0.15) is 0 Å². The van der Waals surface area contributed by atoms with Gasteiger partial charge >= 0.3 is 0 Å². The fourth-order valence-electron chi connectivity index (χ4n) is 2.32. The van der Waals surface area contributed by atoms with E-state index in [9.17, 15) is 9.59 Å². The molecule has 6 heteroatoms. The minimum absolute atomic E-state index is 0.0308. The molecular weight excluding hydrogens is 222 g/mol. The zero-order valence-corrected chi connectivity index (χ0v) is 10.1. The molecule has 2 aliphatic heterocycles. The van der Waals surface area contributed by atoms with Crippen molar-refractivity contribution in [3.8, 4) is 0 Å². The van der Waals surface area contributed by atoms with Gasteiger partial charge < -0.3 is 20.3 Å². The SMILES string of the molecule is CCNC1COCC1C(=O)N1CCNC(=O)C1. The summed E-state index contributed by atoms with van der Waals surface area (Å²) in [5.41, 5.74) is 0. The van der Waals surface area contributed by atoms with Crippen LogP contribution in [0.1, 0.15) is 6.92 Å².